The number of benzene rings is 1. The molecule has 2 rings (SSSR count). The summed E-state index contributed by atoms with van der Waals surface area (Å²) in [4.78, 5) is 26.3. The third-order valence-electron chi connectivity index (χ3n) is 4.50. The number of hydrogen-bond acceptors (Lipinski definition) is 6. The van der Waals surface area contributed by atoms with E-state index in [1.54, 1.807) is 39.8 Å². The van der Waals surface area contributed by atoms with Crippen LogP contribution >= 0.6 is 0 Å². The molecule has 1 aromatic rings. The zero-order valence-electron chi connectivity index (χ0n) is 17.3. The summed E-state index contributed by atoms with van der Waals surface area (Å²) < 4.78 is 37.5. The molecular formula is C20H27NO6S. The van der Waals surface area contributed by atoms with Crippen molar-refractivity contribution in [2.75, 3.05) is 7.11 Å². The fourth-order valence-corrected chi connectivity index (χ4v) is 4.96. The third-order valence-corrected chi connectivity index (χ3v) is 6.48. The van der Waals surface area contributed by atoms with Gasteiger partial charge in [-0.2, -0.15) is 0 Å². The molecule has 0 saturated carbocycles. The fraction of sp³-hybridized carbons (Fsp3) is 0.500. The van der Waals surface area contributed by atoms with Crippen LogP contribution in [-0.4, -0.2) is 49.5 Å². The van der Waals surface area contributed by atoms with Crippen molar-refractivity contribution < 1.29 is 27.5 Å². The van der Waals surface area contributed by atoms with Gasteiger partial charge in [-0.15, -0.1) is 0 Å². The van der Waals surface area contributed by atoms with Gasteiger partial charge in [-0.05, 0) is 53.7 Å². The molecule has 2 unspecified atom stereocenters. The number of ether oxygens (including phenoxy) is 2. The van der Waals surface area contributed by atoms with Crippen LogP contribution in [-0.2, 0) is 24.1 Å². The van der Waals surface area contributed by atoms with Gasteiger partial charge in [0.25, 0.3) is 5.91 Å². The van der Waals surface area contributed by atoms with E-state index < -0.39 is 38.9 Å². The van der Waals surface area contributed by atoms with E-state index in [2.05, 4.69) is 0 Å². The lowest BCUT2D eigenvalue weighted by Gasteiger charge is -2.29. The van der Waals surface area contributed by atoms with Gasteiger partial charge in [0, 0.05) is 18.3 Å². The molecule has 0 bridgehead atoms. The zero-order chi connectivity index (χ0) is 21.4. The number of sulfone groups is 1. The maximum Gasteiger partial charge on any atom is 0.418 e. The first-order valence-electron chi connectivity index (χ1n) is 8.92. The maximum absolute atomic E-state index is 13.5. The van der Waals surface area contributed by atoms with Gasteiger partial charge >= 0.3 is 6.09 Å². The lowest BCUT2D eigenvalue weighted by Crippen LogP contribution is -2.48. The Morgan fingerprint density at radius 3 is 2.14 bits per heavy atom. The third kappa shape index (κ3) is 4.12. The molecule has 2 atom stereocenters. The van der Waals surface area contributed by atoms with Crippen molar-refractivity contribution in [2.24, 2.45) is 0 Å². The Bertz CT molecular complexity index is 909. The lowest BCUT2D eigenvalue weighted by molar-refractivity contribution is -0.125. The quantitative estimate of drug-likeness (QED) is 0.758. The highest BCUT2D eigenvalue weighted by Crippen LogP contribution is 2.36. The summed E-state index contributed by atoms with van der Waals surface area (Å²) >= 11 is 0. The molecule has 154 valence electrons. The van der Waals surface area contributed by atoms with Crippen molar-refractivity contribution in [1.82, 2.24) is 4.90 Å². The van der Waals surface area contributed by atoms with Crippen molar-refractivity contribution in [3.8, 4) is 0 Å². The topological polar surface area (TPSA) is 90.0 Å². The van der Waals surface area contributed by atoms with Crippen molar-refractivity contribution in [1.29, 1.82) is 0 Å². The second-order valence-electron chi connectivity index (χ2n) is 7.82. The van der Waals surface area contributed by atoms with E-state index in [0.29, 0.717) is 4.90 Å². The van der Waals surface area contributed by atoms with E-state index in [-0.39, 0.29) is 16.0 Å². The SMILES string of the molecule is COC(C)C1=C(C)C(=O)N(C(=O)OC(C)(C)C)C1S(=O)(=O)c1ccc(C)cc1. The molecule has 0 spiro atoms. The Morgan fingerprint density at radius 1 is 1.14 bits per heavy atom. The molecule has 0 fully saturated rings. The molecule has 1 aliphatic heterocycles. The number of amides is 2. The van der Waals surface area contributed by atoms with Crippen molar-refractivity contribution in [3.63, 3.8) is 0 Å². The average Bonchev–Trinajstić information content (AvgIpc) is 2.85. The van der Waals surface area contributed by atoms with Gasteiger partial charge in [0.2, 0.25) is 9.84 Å². The van der Waals surface area contributed by atoms with Crippen LogP contribution in [0, 0.1) is 6.92 Å². The molecule has 0 aliphatic carbocycles. The molecule has 1 aromatic carbocycles. The molecule has 0 N–H and O–H groups in total. The Kier molecular flexibility index (Phi) is 6.06. The predicted molar refractivity (Wildman–Crippen MR) is 104 cm³/mol. The number of methoxy groups -OCH3 is 1. The normalized spacial score (nSPS) is 19.2. The molecule has 28 heavy (non-hydrogen) atoms. The van der Waals surface area contributed by atoms with Gasteiger partial charge in [-0.1, -0.05) is 17.7 Å². The minimum absolute atomic E-state index is 0.0139. The van der Waals surface area contributed by atoms with Crippen LogP contribution in [0.25, 0.3) is 0 Å². The Hall–Kier alpha value is -2.19. The monoisotopic (exact) mass is 409 g/mol. The summed E-state index contributed by atoms with van der Waals surface area (Å²) in [6.45, 7) is 9.91. The van der Waals surface area contributed by atoms with Crippen molar-refractivity contribution >= 4 is 21.8 Å². The molecule has 1 heterocycles. The van der Waals surface area contributed by atoms with E-state index >= 15 is 0 Å². The minimum Gasteiger partial charge on any atom is -0.443 e. The van der Waals surface area contributed by atoms with E-state index in [1.165, 1.54) is 26.2 Å². The van der Waals surface area contributed by atoms with Crippen molar-refractivity contribution in [3.05, 3.63) is 41.0 Å². The van der Waals surface area contributed by atoms with Crippen LogP contribution in [0.5, 0.6) is 0 Å². The molecule has 8 heteroatoms. The van der Waals surface area contributed by atoms with Gasteiger partial charge in [-0.25, -0.2) is 18.1 Å². The van der Waals surface area contributed by atoms with Crippen LogP contribution in [0.15, 0.2) is 40.3 Å². The molecule has 2 amide bonds. The number of hydrogen-bond donors (Lipinski definition) is 0. The summed E-state index contributed by atoms with van der Waals surface area (Å²) in [5.74, 6) is -0.700. The molecule has 7 nitrogen and oxygen atoms in total. The number of nitrogens with zero attached hydrogens (tertiary/aromatic N) is 1. The van der Waals surface area contributed by atoms with Gasteiger partial charge < -0.3 is 9.47 Å². The van der Waals surface area contributed by atoms with Crippen LogP contribution in [0.4, 0.5) is 4.79 Å². The number of carbonyl (C=O) groups is 2. The number of carbonyl (C=O) groups excluding carboxylic acids is 2. The molecule has 0 aromatic heterocycles. The predicted octanol–water partition coefficient (Wildman–Crippen LogP) is 3.22. The first-order chi connectivity index (χ1) is 12.8. The summed E-state index contributed by atoms with van der Waals surface area (Å²) in [6, 6.07) is 6.26. The van der Waals surface area contributed by atoms with E-state index in [4.69, 9.17) is 9.47 Å². The van der Waals surface area contributed by atoms with E-state index in [0.717, 1.165) is 5.56 Å². The number of imide groups is 1. The summed E-state index contributed by atoms with van der Waals surface area (Å²) in [5, 5.41) is -1.52. The first-order valence-corrected chi connectivity index (χ1v) is 10.5. The number of rotatable bonds is 4. The van der Waals surface area contributed by atoms with Gasteiger partial charge in [0.15, 0.2) is 5.37 Å². The second-order valence-corrected chi connectivity index (χ2v) is 9.83. The highest BCUT2D eigenvalue weighted by atomic mass is 32.2. The van der Waals surface area contributed by atoms with Crippen LogP contribution in [0.3, 0.4) is 0 Å². The average molecular weight is 410 g/mol. The maximum atomic E-state index is 13.5. The Balaban J connectivity index is 2.65. The molecule has 0 saturated heterocycles. The van der Waals surface area contributed by atoms with Crippen LogP contribution in [0.2, 0.25) is 0 Å². The van der Waals surface area contributed by atoms with Crippen LogP contribution in [0.1, 0.15) is 40.2 Å². The summed E-state index contributed by atoms with van der Waals surface area (Å²) in [7, 11) is -2.69. The Morgan fingerprint density at radius 2 is 1.68 bits per heavy atom. The standard InChI is InChI=1S/C20H27NO6S/c1-12-8-10-15(11-9-12)28(24,25)18-16(14(3)26-7)13(2)17(22)21(18)19(23)27-20(4,5)6/h8-11,14,18H,1-7H3. The largest absolute Gasteiger partial charge is 0.443 e. The van der Waals surface area contributed by atoms with E-state index in [9.17, 15) is 18.0 Å². The second kappa shape index (κ2) is 7.67. The molecule has 1 aliphatic rings. The van der Waals surface area contributed by atoms with Gasteiger partial charge in [0.05, 0.1) is 11.0 Å². The van der Waals surface area contributed by atoms with E-state index in [1.807, 2.05) is 6.92 Å². The zero-order valence-corrected chi connectivity index (χ0v) is 18.1. The van der Waals surface area contributed by atoms with Gasteiger partial charge in [-0.3, -0.25) is 4.79 Å². The molecule has 0 radical (unpaired) electrons. The number of aryl methyl sites for hydroxylation is 1. The highest BCUT2D eigenvalue weighted by Gasteiger charge is 2.51. The highest BCUT2D eigenvalue weighted by molar-refractivity contribution is 7.92. The summed E-state index contributed by atoms with van der Waals surface area (Å²) in [5.41, 5.74) is 0.404. The Labute approximate surface area is 166 Å². The van der Waals surface area contributed by atoms with Gasteiger partial charge in [0.1, 0.15) is 5.60 Å². The van der Waals surface area contributed by atoms with Crippen LogP contribution < -0.4 is 0 Å². The van der Waals surface area contributed by atoms with Crippen molar-refractivity contribution in [2.45, 2.75) is 63.5 Å². The first kappa shape index (κ1) is 22.1. The smallest absolute Gasteiger partial charge is 0.418 e. The molecular weight excluding hydrogens is 382 g/mol. The summed E-state index contributed by atoms with van der Waals surface area (Å²) in [6.07, 6.45) is -1.68. The fourth-order valence-electron chi connectivity index (χ4n) is 3.02. The minimum atomic E-state index is -4.11. The lowest BCUT2D eigenvalue weighted by atomic mass is 10.1.